The molecule has 1 heterocycles. The molecule has 96 valence electrons. The van der Waals surface area contributed by atoms with Crippen LogP contribution in [-0.4, -0.2) is 22.3 Å². The van der Waals surface area contributed by atoms with Crippen molar-refractivity contribution < 1.29 is 0 Å². The summed E-state index contributed by atoms with van der Waals surface area (Å²) in [5.41, 5.74) is 7.06. The summed E-state index contributed by atoms with van der Waals surface area (Å²) in [5.74, 6) is 2.11. The molecule has 0 spiro atoms. The normalized spacial score (nSPS) is 12.6. The molecule has 1 aromatic heterocycles. The van der Waals surface area contributed by atoms with Gasteiger partial charge in [0.25, 0.3) is 0 Å². The predicted molar refractivity (Wildman–Crippen MR) is 80.0 cm³/mol. The molecule has 0 saturated heterocycles. The number of rotatable bonds is 5. The molecule has 0 aliphatic carbocycles. The second-order valence-corrected chi connectivity index (χ2v) is 6.10. The van der Waals surface area contributed by atoms with E-state index in [1.54, 1.807) is 6.20 Å². The van der Waals surface area contributed by atoms with Crippen molar-refractivity contribution in [3.05, 3.63) is 46.5 Å². The number of hydrogen-bond donors (Lipinski definition) is 2. The maximum absolute atomic E-state index is 5.86. The number of imidazole rings is 1. The second-order valence-electron chi connectivity index (χ2n) is 3.91. The lowest BCUT2D eigenvalue weighted by Gasteiger charge is -2.13. The third-order valence-corrected chi connectivity index (χ3v) is 4.02. The monoisotopic (exact) mass is 325 g/mol. The van der Waals surface area contributed by atoms with Gasteiger partial charge in [-0.3, -0.25) is 0 Å². The number of hydrogen-bond acceptors (Lipinski definition) is 3. The van der Waals surface area contributed by atoms with Crippen molar-refractivity contribution >= 4 is 27.7 Å². The minimum absolute atomic E-state index is 0.122. The second kappa shape index (κ2) is 6.41. The summed E-state index contributed by atoms with van der Waals surface area (Å²) in [4.78, 5) is 8.81. The molecule has 2 aromatic rings. The highest BCUT2D eigenvalue weighted by Crippen LogP contribution is 2.25. The van der Waals surface area contributed by atoms with Gasteiger partial charge in [0.05, 0.1) is 12.1 Å². The Hall–Kier alpha value is -0.780. The number of thioether (sulfide) groups is 1. The van der Waals surface area contributed by atoms with Crippen molar-refractivity contribution in [2.45, 2.75) is 17.7 Å². The topological polar surface area (TPSA) is 54.7 Å². The average molecular weight is 326 g/mol. The van der Waals surface area contributed by atoms with E-state index in [0.29, 0.717) is 6.54 Å². The zero-order valence-corrected chi connectivity index (χ0v) is 12.6. The van der Waals surface area contributed by atoms with Crippen LogP contribution in [0.15, 0.2) is 40.0 Å². The van der Waals surface area contributed by atoms with Crippen LogP contribution in [0.5, 0.6) is 0 Å². The molecule has 3 N–H and O–H groups in total. The molecule has 0 bridgehead atoms. The maximum Gasteiger partial charge on any atom is 0.115 e. The Balaban J connectivity index is 2.22. The van der Waals surface area contributed by atoms with E-state index in [1.807, 2.05) is 11.8 Å². The van der Waals surface area contributed by atoms with E-state index < -0.39 is 0 Å². The number of aromatic nitrogens is 2. The van der Waals surface area contributed by atoms with E-state index in [0.717, 1.165) is 16.2 Å². The molecule has 3 nitrogen and oxygen atoms in total. The van der Waals surface area contributed by atoms with Crippen LogP contribution in [-0.2, 0) is 0 Å². The first-order chi connectivity index (χ1) is 8.74. The van der Waals surface area contributed by atoms with Gasteiger partial charge in [-0.25, -0.2) is 4.98 Å². The molecular weight excluding hydrogens is 310 g/mol. The van der Waals surface area contributed by atoms with Gasteiger partial charge in [0, 0.05) is 11.4 Å². The summed E-state index contributed by atoms with van der Waals surface area (Å²) in [6, 6.07) is 8.55. The SMILES string of the molecule is CCSc1ccc(C(CN)c2ncc(Br)[nH]2)cc1. The van der Waals surface area contributed by atoms with Crippen LogP contribution in [0.4, 0.5) is 0 Å². The molecule has 2 rings (SSSR count). The first-order valence-corrected chi connectivity index (χ1v) is 7.65. The Kier molecular flexibility index (Phi) is 4.86. The Morgan fingerprint density at radius 1 is 1.39 bits per heavy atom. The average Bonchev–Trinajstić information content (AvgIpc) is 2.79. The standard InChI is InChI=1S/C13H16BrN3S/c1-2-18-10-5-3-9(4-6-10)11(7-15)13-16-8-12(14)17-13/h3-6,8,11H,2,7,15H2,1H3,(H,16,17). The number of H-pyrrole nitrogens is 1. The van der Waals surface area contributed by atoms with Crippen molar-refractivity contribution in [3.8, 4) is 0 Å². The Morgan fingerprint density at radius 3 is 2.61 bits per heavy atom. The fourth-order valence-corrected chi connectivity index (χ4v) is 2.83. The van der Waals surface area contributed by atoms with Crippen LogP contribution in [0, 0.1) is 0 Å². The third-order valence-electron chi connectivity index (χ3n) is 2.72. The molecule has 0 aliphatic heterocycles. The van der Waals surface area contributed by atoms with Crippen LogP contribution >= 0.6 is 27.7 Å². The summed E-state index contributed by atoms with van der Waals surface area (Å²) in [6.45, 7) is 2.70. The lowest BCUT2D eigenvalue weighted by Crippen LogP contribution is -2.15. The number of nitrogens with zero attached hydrogens (tertiary/aromatic N) is 1. The highest BCUT2D eigenvalue weighted by molar-refractivity contribution is 9.10. The zero-order chi connectivity index (χ0) is 13.0. The molecule has 1 atom stereocenters. The summed E-state index contributed by atoms with van der Waals surface area (Å²) in [6.07, 6.45) is 1.76. The molecule has 1 unspecified atom stereocenters. The summed E-state index contributed by atoms with van der Waals surface area (Å²) < 4.78 is 0.883. The molecule has 0 aliphatic rings. The molecule has 0 fully saturated rings. The van der Waals surface area contributed by atoms with E-state index >= 15 is 0 Å². The lowest BCUT2D eigenvalue weighted by molar-refractivity contribution is 0.763. The van der Waals surface area contributed by atoms with Crippen molar-refractivity contribution in [2.75, 3.05) is 12.3 Å². The molecule has 5 heteroatoms. The molecule has 1 aromatic carbocycles. The number of aromatic amines is 1. The minimum Gasteiger partial charge on any atom is -0.336 e. The van der Waals surface area contributed by atoms with E-state index in [9.17, 15) is 0 Å². The van der Waals surface area contributed by atoms with Crippen molar-refractivity contribution in [1.29, 1.82) is 0 Å². The minimum atomic E-state index is 0.122. The quantitative estimate of drug-likeness (QED) is 0.828. The van der Waals surface area contributed by atoms with Crippen LogP contribution < -0.4 is 5.73 Å². The Labute approximate surface area is 120 Å². The van der Waals surface area contributed by atoms with Crippen LogP contribution in [0.3, 0.4) is 0 Å². The van der Waals surface area contributed by atoms with Gasteiger partial charge in [-0.1, -0.05) is 19.1 Å². The van der Waals surface area contributed by atoms with Gasteiger partial charge in [-0.15, -0.1) is 11.8 Å². The largest absolute Gasteiger partial charge is 0.336 e. The van der Waals surface area contributed by atoms with Gasteiger partial charge in [-0.2, -0.15) is 0 Å². The van der Waals surface area contributed by atoms with Gasteiger partial charge < -0.3 is 10.7 Å². The first kappa shape index (κ1) is 13.6. The first-order valence-electron chi connectivity index (χ1n) is 5.87. The Morgan fingerprint density at radius 2 is 2.11 bits per heavy atom. The molecular formula is C13H16BrN3S. The zero-order valence-electron chi connectivity index (χ0n) is 10.2. The smallest absolute Gasteiger partial charge is 0.115 e. The lowest BCUT2D eigenvalue weighted by atomic mass is 9.99. The molecule has 0 amide bonds. The van der Waals surface area contributed by atoms with Gasteiger partial charge in [0.1, 0.15) is 10.4 Å². The number of halogens is 1. The van der Waals surface area contributed by atoms with Crippen molar-refractivity contribution in [3.63, 3.8) is 0 Å². The van der Waals surface area contributed by atoms with Crippen molar-refractivity contribution in [2.24, 2.45) is 5.73 Å². The van der Waals surface area contributed by atoms with E-state index in [2.05, 4.69) is 57.1 Å². The van der Waals surface area contributed by atoms with Gasteiger partial charge in [-0.05, 0) is 39.4 Å². The fourth-order valence-electron chi connectivity index (χ4n) is 1.86. The summed E-state index contributed by atoms with van der Waals surface area (Å²) >= 11 is 5.21. The number of nitrogens with two attached hydrogens (primary N) is 1. The highest BCUT2D eigenvalue weighted by atomic mass is 79.9. The maximum atomic E-state index is 5.86. The van der Waals surface area contributed by atoms with E-state index in [-0.39, 0.29) is 5.92 Å². The van der Waals surface area contributed by atoms with Gasteiger partial charge in [0.15, 0.2) is 0 Å². The third kappa shape index (κ3) is 3.16. The summed E-state index contributed by atoms with van der Waals surface area (Å²) in [5, 5.41) is 0. The number of benzene rings is 1. The predicted octanol–water partition coefficient (Wildman–Crippen LogP) is 3.37. The molecule has 0 saturated carbocycles. The fraction of sp³-hybridized carbons (Fsp3) is 0.308. The number of nitrogens with one attached hydrogen (secondary N) is 1. The summed E-state index contributed by atoms with van der Waals surface area (Å²) in [7, 11) is 0. The van der Waals surface area contributed by atoms with E-state index in [1.165, 1.54) is 10.5 Å². The molecule has 0 radical (unpaired) electrons. The highest BCUT2D eigenvalue weighted by Gasteiger charge is 2.15. The van der Waals surface area contributed by atoms with Gasteiger partial charge in [0.2, 0.25) is 0 Å². The van der Waals surface area contributed by atoms with Crippen LogP contribution in [0.25, 0.3) is 0 Å². The van der Waals surface area contributed by atoms with Crippen molar-refractivity contribution in [1.82, 2.24) is 9.97 Å². The molecule has 18 heavy (non-hydrogen) atoms. The van der Waals surface area contributed by atoms with E-state index in [4.69, 9.17) is 5.73 Å². The van der Waals surface area contributed by atoms with Crippen LogP contribution in [0.2, 0.25) is 0 Å². The van der Waals surface area contributed by atoms with Gasteiger partial charge >= 0.3 is 0 Å². The van der Waals surface area contributed by atoms with Crippen LogP contribution in [0.1, 0.15) is 24.2 Å². The Bertz CT molecular complexity index is 495.